The number of aryl methyl sites for hydroxylation is 2. The van der Waals surface area contributed by atoms with E-state index in [1.807, 2.05) is 38.3 Å². The van der Waals surface area contributed by atoms with E-state index in [0.29, 0.717) is 16.3 Å². The van der Waals surface area contributed by atoms with Gasteiger partial charge in [0, 0.05) is 36.1 Å². The minimum absolute atomic E-state index is 0.332. The molecule has 33 heavy (non-hydrogen) atoms. The zero-order chi connectivity index (χ0) is 24.0. The van der Waals surface area contributed by atoms with Crippen molar-refractivity contribution in [1.29, 1.82) is 0 Å². The van der Waals surface area contributed by atoms with Gasteiger partial charge in [0.1, 0.15) is 5.03 Å². The minimum atomic E-state index is -2.33. The third kappa shape index (κ3) is 5.95. The molecule has 0 saturated heterocycles. The number of nitrogens with one attached hydrogen (secondary N) is 2. The van der Waals surface area contributed by atoms with Crippen LogP contribution in [0.15, 0.2) is 71.0 Å². The van der Waals surface area contributed by atoms with E-state index in [9.17, 15) is 14.4 Å². The van der Waals surface area contributed by atoms with E-state index >= 15 is 0 Å². The molecule has 0 saturated carbocycles. The zero-order valence-electron chi connectivity index (χ0n) is 18.9. The van der Waals surface area contributed by atoms with Gasteiger partial charge in [-0.25, -0.2) is 4.98 Å². The van der Waals surface area contributed by atoms with Gasteiger partial charge in [0.05, 0.1) is 5.56 Å². The second-order valence-electron chi connectivity index (χ2n) is 7.59. The van der Waals surface area contributed by atoms with Crippen LogP contribution < -0.4 is 10.0 Å². The molecule has 1 atom stereocenters. The number of esters is 1. The fourth-order valence-electron chi connectivity index (χ4n) is 3.39. The van der Waals surface area contributed by atoms with E-state index in [1.165, 1.54) is 6.92 Å². The van der Waals surface area contributed by atoms with Gasteiger partial charge < -0.3 is 14.8 Å². The van der Waals surface area contributed by atoms with Crippen LogP contribution in [-0.2, 0) is 14.3 Å². The molecule has 0 bridgehead atoms. The van der Waals surface area contributed by atoms with Crippen LogP contribution in [0.2, 0.25) is 0 Å². The van der Waals surface area contributed by atoms with E-state index in [4.69, 9.17) is 4.74 Å². The molecule has 0 spiro atoms. The van der Waals surface area contributed by atoms with E-state index in [2.05, 4.69) is 20.0 Å². The molecule has 0 aliphatic rings. The first-order valence-electron chi connectivity index (χ1n) is 10.2. The van der Waals surface area contributed by atoms with Gasteiger partial charge in [-0.15, -0.1) is 0 Å². The summed E-state index contributed by atoms with van der Waals surface area (Å²) in [5.41, 5.74) is 3.06. The van der Waals surface area contributed by atoms with Crippen LogP contribution in [0.1, 0.15) is 28.4 Å². The van der Waals surface area contributed by atoms with Crippen LogP contribution in [0, 0.1) is 13.8 Å². The number of hydrogen-bond donors (Lipinski definition) is 2. The van der Waals surface area contributed by atoms with Crippen LogP contribution in [0.25, 0.3) is 0 Å². The summed E-state index contributed by atoms with van der Waals surface area (Å²) in [6.45, 7) is 4.72. The largest absolute Gasteiger partial charge is 0.456 e. The standard InChI is InChI=1S/C24H26N4O4S/c1-16-12-17(2)14-19(13-16)27-23(31)21-6-5-9-26-24(21)33(4,20-7-10-25-11-8-20)28-22(30)15-32-18(3)29/h5-14H,15H2,1-4H3,(H,27,31)(H,28,30). The molecule has 9 heteroatoms. The number of benzene rings is 1. The maximum atomic E-state index is 13.3. The Bertz CT molecular complexity index is 1170. The van der Waals surface area contributed by atoms with Crippen molar-refractivity contribution < 1.29 is 19.1 Å². The van der Waals surface area contributed by atoms with Gasteiger partial charge in [-0.1, -0.05) is 16.3 Å². The maximum absolute atomic E-state index is 13.3. The van der Waals surface area contributed by atoms with Crippen molar-refractivity contribution >= 4 is 33.7 Å². The number of hydrogen-bond acceptors (Lipinski definition) is 6. The first kappa shape index (κ1) is 23.9. The highest BCUT2D eigenvalue weighted by atomic mass is 32.3. The maximum Gasteiger partial charge on any atom is 0.303 e. The molecule has 0 fully saturated rings. The minimum Gasteiger partial charge on any atom is -0.456 e. The first-order chi connectivity index (χ1) is 15.7. The molecule has 2 aromatic heterocycles. The first-order valence-corrected chi connectivity index (χ1v) is 12.2. The average molecular weight is 467 g/mol. The topological polar surface area (TPSA) is 110 Å². The predicted molar refractivity (Wildman–Crippen MR) is 127 cm³/mol. The van der Waals surface area contributed by atoms with Crippen molar-refractivity contribution in [3.8, 4) is 0 Å². The van der Waals surface area contributed by atoms with Crippen LogP contribution in [-0.4, -0.2) is 40.6 Å². The predicted octanol–water partition coefficient (Wildman–Crippen LogP) is 3.79. The SMILES string of the molecule is CC(=O)OCC(=O)NS(C)(c1ccncc1)c1ncccc1C(=O)Nc1cc(C)cc(C)c1. The van der Waals surface area contributed by atoms with Gasteiger partial charge in [0.2, 0.25) is 0 Å². The van der Waals surface area contributed by atoms with Gasteiger partial charge in [-0.05, 0) is 67.6 Å². The van der Waals surface area contributed by atoms with Gasteiger partial charge in [0.25, 0.3) is 11.8 Å². The zero-order valence-corrected chi connectivity index (χ0v) is 19.7. The quantitative estimate of drug-likeness (QED) is 0.513. The van der Waals surface area contributed by atoms with E-state index < -0.39 is 28.7 Å². The average Bonchev–Trinajstić information content (AvgIpc) is 2.77. The lowest BCUT2D eigenvalue weighted by Crippen LogP contribution is -2.33. The number of nitrogens with zero attached hydrogens (tertiary/aromatic N) is 2. The smallest absolute Gasteiger partial charge is 0.303 e. The third-order valence-electron chi connectivity index (χ3n) is 4.73. The Labute approximate surface area is 194 Å². The Morgan fingerprint density at radius 1 is 1.00 bits per heavy atom. The summed E-state index contributed by atoms with van der Waals surface area (Å²) in [4.78, 5) is 46.4. The van der Waals surface area contributed by atoms with Crippen molar-refractivity contribution in [1.82, 2.24) is 14.7 Å². The van der Waals surface area contributed by atoms with Gasteiger partial charge in [0.15, 0.2) is 6.61 Å². The molecule has 3 aromatic rings. The molecule has 2 N–H and O–H groups in total. The highest BCUT2D eigenvalue weighted by Gasteiger charge is 2.31. The monoisotopic (exact) mass is 466 g/mol. The van der Waals surface area contributed by atoms with Gasteiger partial charge in [-0.3, -0.25) is 19.4 Å². The molecule has 8 nitrogen and oxygen atoms in total. The van der Waals surface area contributed by atoms with E-state index in [0.717, 1.165) is 16.0 Å². The second kappa shape index (κ2) is 10.3. The molecule has 172 valence electrons. The number of anilines is 1. The summed E-state index contributed by atoms with van der Waals surface area (Å²) < 4.78 is 7.81. The number of rotatable bonds is 7. The number of carbonyl (C=O) groups excluding carboxylic acids is 3. The molecule has 0 aliphatic carbocycles. The lowest BCUT2D eigenvalue weighted by molar-refractivity contribution is -0.145. The molecule has 1 aromatic carbocycles. The van der Waals surface area contributed by atoms with Crippen LogP contribution in [0.3, 0.4) is 0 Å². The second-order valence-corrected chi connectivity index (χ2v) is 10.5. The van der Waals surface area contributed by atoms with Crippen molar-refractivity contribution in [3.63, 3.8) is 0 Å². The van der Waals surface area contributed by atoms with E-state index in [1.54, 1.807) is 42.9 Å². The molecule has 0 radical (unpaired) electrons. The van der Waals surface area contributed by atoms with Crippen molar-refractivity contribution in [2.24, 2.45) is 0 Å². The number of ether oxygens (including phenoxy) is 1. The Morgan fingerprint density at radius 2 is 1.67 bits per heavy atom. The van der Waals surface area contributed by atoms with Crippen molar-refractivity contribution in [2.75, 3.05) is 18.2 Å². The Balaban J connectivity index is 2.02. The Hall–Kier alpha value is -3.72. The molecular formula is C24H26N4O4S. The van der Waals surface area contributed by atoms with Crippen LogP contribution >= 0.6 is 10.2 Å². The molecule has 2 heterocycles. The summed E-state index contributed by atoms with van der Waals surface area (Å²) in [6.07, 6.45) is 6.62. The Kier molecular flexibility index (Phi) is 7.44. The number of pyridine rings is 2. The highest BCUT2D eigenvalue weighted by Crippen LogP contribution is 2.56. The number of aromatic nitrogens is 2. The summed E-state index contributed by atoms with van der Waals surface area (Å²) in [5, 5.41) is 3.36. The van der Waals surface area contributed by atoms with Gasteiger partial charge >= 0.3 is 5.97 Å². The fraction of sp³-hybridized carbons (Fsp3) is 0.208. The van der Waals surface area contributed by atoms with Crippen molar-refractivity contribution in [2.45, 2.75) is 30.7 Å². The number of carbonyl (C=O) groups is 3. The summed E-state index contributed by atoms with van der Waals surface area (Å²) in [7, 11) is -2.33. The molecular weight excluding hydrogens is 440 g/mol. The normalized spacial score (nSPS) is 13.3. The molecule has 2 amide bonds. The number of amides is 2. The lowest BCUT2D eigenvalue weighted by atomic mass is 10.1. The third-order valence-corrected chi connectivity index (χ3v) is 7.68. The Morgan fingerprint density at radius 3 is 2.30 bits per heavy atom. The van der Waals surface area contributed by atoms with Crippen LogP contribution in [0.5, 0.6) is 0 Å². The molecule has 3 rings (SSSR count). The van der Waals surface area contributed by atoms with Crippen molar-refractivity contribution in [3.05, 3.63) is 77.7 Å². The van der Waals surface area contributed by atoms with Crippen LogP contribution in [0.4, 0.5) is 5.69 Å². The summed E-state index contributed by atoms with van der Waals surface area (Å²) in [5.74, 6) is -1.40. The summed E-state index contributed by atoms with van der Waals surface area (Å²) in [6, 6.07) is 12.7. The van der Waals surface area contributed by atoms with Gasteiger partial charge in [-0.2, -0.15) is 0 Å². The lowest BCUT2D eigenvalue weighted by Gasteiger charge is -2.37. The van der Waals surface area contributed by atoms with E-state index in [-0.39, 0.29) is 5.91 Å². The highest BCUT2D eigenvalue weighted by molar-refractivity contribution is 8.32. The molecule has 0 aliphatic heterocycles. The molecule has 1 unspecified atom stereocenters. The summed E-state index contributed by atoms with van der Waals surface area (Å²) >= 11 is 0. The fourth-order valence-corrected chi connectivity index (χ4v) is 5.88.